The van der Waals surface area contributed by atoms with E-state index in [1.807, 2.05) is 30.5 Å². The first-order valence-corrected chi connectivity index (χ1v) is 8.62. The van der Waals surface area contributed by atoms with Crippen molar-refractivity contribution in [2.75, 3.05) is 20.6 Å². The van der Waals surface area contributed by atoms with Gasteiger partial charge in [-0.2, -0.15) is 0 Å². The monoisotopic (exact) mass is 390 g/mol. The molecule has 1 atom stereocenters. The van der Waals surface area contributed by atoms with E-state index in [9.17, 15) is 9.59 Å². The first kappa shape index (κ1) is 22.3. The number of halogens is 1. The van der Waals surface area contributed by atoms with Gasteiger partial charge in [0, 0.05) is 35.0 Å². The van der Waals surface area contributed by atoms with E-state index < -0.39 is 11.9 Å². The highest BCUT2D eigenvalue weighted by atomic mass is 35.5. The van der Waals surface area contributed by atoms with Crippen molar-refractivity contribution in [1.82, 2.24) is 9.88 Å². The Morgan fingerprint density at radius 2 is 1.67 bits per heavy atom. The quantitative estimate of drug-likeness (QED) is 0.703. The number of hydrogen-bond donors (Lipinski definition) is 2. The second kappa shape index (κ2) is 11.8. The molecule has 0 saturated heterocycles. The van der Waals surface area contributed by atoms with E-state index in [2.05, 4.69) is 42.2 Å². The fraction of sp³-hybridized carbons (Fsp3) is 0.250. The van der Waals surface area contributed by atoms with Crippen molar-refractivity contribution >= 4 is 23.5 Å². The number of carboxylic acid groups (broad SMARTS) is 2. The van der Waals surface area contributed by atoms with Crippen LogP contribution in [0.1, 0.15) is 23.6 Å². The number of benzene rings is 1. The first-order chi connectivity index (χ1) is 12.8. The summed E-state index contributed by atoms with van der Waals surface area (Å²) >= 11 is 5.97. The third-order valence-electron chi connectivity index (χ3n) is 3.55. The van der Waals surface area contributed by atoms with E-state index in [1.54, 1.807) is 0 Å². The summed E-state index contributed by atoms with van der Waals surface area (Å²) in [4.78, 5) is 25.8. The maximum atomic E-state index is 9.55. The van der Waals surface area contributed by atoms with Gasteiger partial charge in [-0.1, -0.05) is 29.8 Å². The molecule has 1 heterocycles. The summed E-state index contributed by atoms with van der Waals surface area (Å²) in [6.07, 6.45) is 4.02. The summed E-state index contributed by atoms with van der Waals surface area (Å²) in [6, 6.07) is 14.2. The van der Waals surface area contributed by atoms with Crippen molar-refractivity contribution in [2.24, 2.45) is 0 Å². The van der Waals surface area contributed by atoms with Crippen LogP contribution in [-0.2, 0) is 9.59 Å². The van der Waals surface area contributed by atoms with Gasteiger partial charge in [-0.05, 0) is 56.9 Å². The molecule has 2 aromatic rings. The van der Waals surface area contributed by atoms with Gasteiger partial charge in [-0.15, -0.1) is 0 Å². The zero-order valence-electron chi connectivity index (χ0n) is 15.2. The predicted octanol–water partition coefficient (Wildman–Crippen LogP) is 3.53. The molecule has 27 heavy (non-hydrogen) atoms. The molecule has 144 valence electrons. The third kappa shape index (κ3) is 9.53. The molecule has 0 bridgehead atoms. The molecule has 0 fully saturated rings. The topological polar surface area (TPSA) is 90.7 Å². The second-order valence-electron chi connectivity index (χ2n) is 5.96. The zero-order valence-corrected chi connectivity index (χ0v) is 16.0. The van der Waals surface area contributed by atoms with Gasteiger partial charge in [0.1, 0.15) is 0 Å². The number of rotatable bonds is 7. The lowest BCUT2D eigenvalue weighted by Crippen LogP contribution is -2.17. The lowest BCUT2D eigenvalue weighted by atomic mass is 9.92. The first-order valence-electron chi connectivity index (χ1n) is 8.24. The minimum atomic E-state index is -1.26. The van der Waals surface area contributed by atoms with Crippen LogP contribution >= 0.6 is 11.6 Å². The summed E-state index contributed by atoms with van der Waals surface area (Å²) in [5.41, 5.74) is 2.39. The number of pyridine rings is 1. The molecular formula is C20H23ClN2O4. The molecule has 7 heteroatoms. The molecule has 6 nitrogen and oxygen atoms in total. The summed E-state index contributed by atoms with van der Waals surface area (Å²) in [5.74, 6) is -2.19. The smallest absolute Gasteiger partial charge is 0.328 e. The maximum Gasteiger partial charge on any atom is 0.328 e. The van der Waals surface area contributed by atoms with Crippen LogP contribution in [0, 0.1) is 0 Å². The highest BCUT2D eigenvalue weighted by Crippen LogP contribution is 2.27. The fourth-order valence-corrected chi connectivity index (χ4v) is 2.42. The minimum absolute atomic E-state index is 0.320. The van der Waals surface area contributed by atoms with E-state index in [-0.39, 0.29) is 0 Å². The van der Waals surface area contributed by atoms with Crippen LogP contribution in [0.25, 0.3) is 0 Å². The molecule has 0 aliphatic carbocycles. The number of aromatic nitrogens is 1. The summed E-state index contributed by atoms with van der Waals surface area (Å²) in [7, 11) is 4.19. The number of aliphatic carboxylic acids is 2. The van der Waals surface area contributed by atoms with Gasteiger partial charge >= 0.3 is 11.9 Å². The van der Waals surface area contributed by atoms with Crippen LogP contribution in [-0.4, -0.2) is 52.7 Å². The Hall–Kier alpha value is -2.70. The molecule has 1 aromatic carbocycles. The number of hydrogen-bond acceptors (Lipinski definition) is 4. The van der Waals surface area contributed by atoms with Gasteiger partial charge in [-0.3, -0.25) is 4.98 Å². The SMILES string of the molecule is CN(C)CC[C@@H](c1ccc(Cl)cc1)c1ccccn1.O=C(O)/C=C/C(=O)O. The Kier molecular flexibility index (Phi) is 9.79. The summed E-state index contributed by atoms with van der Waals surface area (Å²) in [6.45, 7) is 1.03. The zero-order chi connectivity index (χ0) is 20.2. The number of carbonyl (C=O) groups is 2. The molecule has 2 rings (SSSR count). The Morgan fingerprint density at radius 3 is 2.11 bits per heavy atom. The molecule has 0 unspecified atom stereocenters. The fourth-order valence-electron chi connectivity index (χ4n) is 2.29. The largest absolute Gasteiger partial charge is 0.478 e. The van der Waals surface area contributed by atoms with Crippen molar-refractivity contribution in [2.45, 2.75) is 12.3 Å². The van der Waals surface area contributed by atoms with E-state index in [1.165, 1.54) is 5.56 Å². The predicted molar refractivity (Wildman–Crippen MR) is 105 cm³/mol. The van der Waals surface area contributed by atoms with E-state index >= 15 is 0 Å². The molecule has 0 amide bonds. The lowest BCUT2D eigenvalue weighted by Gasteiger charge is -2.19. The van der Waals surface area contributed by atoms with Crippen LogP contribution in [0.3, 0.4) is 0 Å². The van der Waals surface area contributed by atoms with Gasteiger partial charge < -0.3 is 15.1 Å². The molecular weight excluding hydrogens is 368 g/mol. The Labute approximate surface area is 163 Å². The normalized spacial score (nSPS) is 11.7. The van der Waals surface area contributed by atoms with Crippen LogP contribution in [0.4, 0.5) is 0 Å². The average molecular weight is 391 g/mol. The van der Waals surface area contributed by atoms with Crippen molar-refractivity contribution in [1.29, 1.82) is 0 Å². The second-order valence-corrected chi connectivity index (χ2v) is 6.40. The molecule has 0 radical (unpaired) electrons. The molecule has 2 N–H and O–H groups in total. The average Bonchev–Trinajstić information content (AvgIpc) is 2.63. The maximum absolute atomic E-state index is 9.55. The van der Waals surface area contributed by atoms with Crippen molar-refractivity contribution in [3.63, 3.8) is 0 Å². The Morgan fingerprint density at radius 1 is 1.07 bits per heavy atom. The lowest BCUT2D eigenvalue weighted by molar-refractivity contribution is -0.134. The number of nitrogens with zero attached hydrogens (tertiary/aromatic N) is 2. The Balaban J connectivity index is 0.000000387. The van der Waals surface area contributed by atoms with Crippen LogP contribution in [0.2, 0.25) is 5.02 Å². The summed E-state index contributed by atoms with van der Waals surface area (Å²) < 4.78 is 0. The Bertz CT molecular complexity index is 730. The van der Waals surface area contributed by atoms with Gasteiger partial charge in [0.05, 0.1) is 0 Å². The molecule has 0 spiro atoms. The van der Waals surface area contributed by atoms with Gasteiger partial charge in [-0.25, -0.2) is 9.59 Å². The minimum Gasteiger partial charge on any atom is -0.478 e. The highest BCUT2D eigenvalue weighted by molar-refractivity contribution is 6.30. The third-order valence-corrected chi connectivity index (χ3v) is 3.80. The van der Waals surface area contributed by atoms with Crippen molar-refractivity contribution in [3.8, 4) is 0 Å². The van der Waals surface area contributed by atoms with E-state index in [0.29, 0.717) is 18.1 Å². The van der Waals surface area contributed by atoms with Gasteiger partial charge in [0.15, 0.2) is 0 Å². The highest BCUT2D eigenvalue weighted by Gasteiger charge is 2.15. The van der Waals surface area contributed by atoms with Crippen LogP contribution in [0.15, 0.2) is 60.8 Å². The van der Waals surface area contributed by atoms with Crippen LogP contribution in [0.5, 0.6) is 0 Å². The molecule has 1 aromatic heterocycles. The van der Waals surface area contributed by atoms with Gasteiger partial charge in [0.25, 0.3) is 0 Å². The summed E-state index contributed by atoms with van der Waals surface area (Å²) in [5, 5.41) is 16.4. The molecule has 0 aliphatic heterocycles. The van der Waals surface area contributed by atoms with Crippen molar-refractivity contribution < 1.29 is 19.8 Å². The van der Waals surface area contributed by atoms with Crippen molar-refractivity contribution in [3.05, 3.63) is 77.1 Å². The van der Waals surface area contributed by atoms with E-state index in [4.69, 9.17) is 21.8 Å². The number of carboxylic acids is 2. The standard InChI is InChI=1S/C16H19ClN2.C4H4O4/c1-19(2)12-10-15(16-5-3-4-11-18-16)13-6-8-14(17)9-7-13;5-3(6)1-2-4(7)8/h3-9,11,15H,10,12H2,1-2H3;1-2H,(H,5,6)(H,7,8)/b;2-1+/t15-;/m0./s1. The van der Waals surface area contributed by atoms with Gasteiger partial charge in [0.2, 0.25) is 0 Å². The molecule has 0 aliphatic rings. The molecule has 0 saturated carbocycles. The van der Waals surface area contributed by atoms with E-state index in [0.717, 1.165) is 23.7 Å². The van der Waals surface area contributed by atoms with Crippen LogP contribution < -0.4 is 0 Å².